The van der Waals surface area contributed by atoms with E-state index in [1.54, 1.807) is 13.2 Å². The molecule has 0 fully saturated rings. The van der Waals surface area contributed by atoms with Crippen LogP contribution in [0, 0.1) is 0 Å². The average molecular weight is 200 g/mol. The summed E-state index contributed by atoms with van der Waals surface area (Å²) >= 11 is 1.51. The van der Waals surface area contributed by atoms with Crippen molar-refractivity contribution in [1.82, 2.24) is 0 Å². The highest BCUT2D eigenvalue weighted by molar-refractivity contribution is 7.08. The smallest absolute Gasteiger partial charge is 0.189 e. The first-order chi connectivity index (χ1) is 6.34. The molecule has 0 aliphatic heterocycles. The Balaban J connectivity index is 2.19. The van der Waals surface area contributed by atoms with Crippen LogP contribution in [0.1, 0.15) is 10.4 Å². The van der Waals surface area contributed by atoms with Crippen molar-refractivity contribution in [1.29, 1.82) is 0 Å². The van der Waals surface area contributed by atoms with Crippen LogP contribution in [-0.2, 0) is 9.47 Å². The Morgan fingerprint density at radius 3 is 3.00 bits per heavy atom. The minimum absolute atomic E-state index is 0.0253. The van der Waals surface area contributed by atoms with Crippen LogP contribution in [0.3, 0.4) is 0 Å². The fraction of sp³-hybridized carbons (Fsp3) is 0.444. The minimum Gasteiger partial charge on any atom is -0.382 e. The highest BCUT2D eigenvalue weighted by Gasteiger charge is 2.04. The van der Waals surface area contributed by atoms with Gasteiger partial charge in [-0.1, -0.05) is 0 Å². The third kappa shape index (κ3) is 3.67. The molecular formula is C9H12O3S. The summed E-state index contributed by atoms with van der Waals surface area (Å²) < 4.78 is 9.87. The summed E-state index contributed by atoms with van der Waals surface area (Å²) in [5.74, 6) is 0.0253. The van der Waals surface area contributed by atoms with Crippen LogP contribution in [-0.4, -0.2) is 32.7 Å². The molecule has 0 N–H and O–H groups in total. The van der Waals surface area contributed by atoms with Gasteiger partial charge < -0.3 is 9.47 Å². The van der Waals surface area contributed by atoms with Gasteiger partial charge in [-0.3, -0.25) is 4.79 Å². The fourth-order valence-electron chi connectivity index (χ4n) is 0.814. The number of thiophene rings is 1. The zero-order valence-corrected chi connectivity index (χ0v) is 8.30. The molecule has 0 atom stereocenters. The van der Waals surface area contributed by atoms with Crippen molar-refractivity contribution >= 4 is 17.1 Å². The zero-order chi connectivity index (χ0) is 9.52. The highest BCUT2D eigenvalue weighted by Crippen LogP contribution is 2.06. The van der Waals surface area contributed by atoms with Gasteiger partial charge in [-0.15, -0.1) is 0 Å². The maximum atomic E-state index is 11.3. The molecule has 13 heavy (non-hydrogen) atoms. The Morgan fingerprint density at radius 2 is 2.38 bits per heavy atom. The van der Waals surface area contributed by atoms with E-state index in [1.807, 2.05) is 10.8 Å². The van der Waals surface area contributed by atoms with Crippen LogP contribution in [0.2, 0.25) is 0 Å². The van der Waals surface area contributed by atoms with Gasteiger partial charge in [0.05, 0.1) is 13.2 Å². The normalized spacial score (nSPS) is 10.2. The van der Waals surface area contributed by atoms with Crippen LogP contribution < -0.4 is 0 Å². The van der Waals surface area contributed by atoms with Gasteiger partial charge in [0, 0.05) is 18.1 Å². The number of ketones is 1. The Hall–Kier alpha value is -0.710. The second kappa shape index (κ2) is 5.85. The number of methoxy groups -OCH3 is 1. The largest absolute Gasteiger partial charge is 0.382 e. The van der Waals surface area contributed by atoms with E-state index < -0.39 is 0 Å². The van der Waals surface area contributed by atoms with Crippen molar-refractivity contribution in [3.05, 3.63) is 22.4 Å². The molecule has 0 saturated carbocycles. The first-order valence-electron chi connectivity index (χ1n) is 3.96. The maximum Gasteiger partial charge on any atom is 0.189 e. The fourth-order valence-corrected chi connectivity index (χ4v) is 1.47. The van der Waals surface area contributed by atoms with Gasteiger partial charge in [-0.25, -0.2) is 0 Å². The summed E-state index contributed by atoms with van der Waals surface area (Å²) in [6.07, 6.45) is 0. The summed E-state index contributed by atoms with van der Waals surface area (Å²) in [5, 5.41) is 3.70. The lowest BCUT2D eigenvalue weighted by molar-refractivity contribution is 0.0577. The van der Waals surface area contributed by atoms with Gasteiger partial charge in [0.25, 0.3) is 0 Å². The van der Waals surface area contributed by atoms with Gasteiger partial charge in [0.1, 0.15) is 6.61 Å². The first-order valence-corrected chi connectivity index (χ1v) is 4.91. The lowest BCUT2D eigenvalue weighted by Crippen LogP contribution is -2.11. The van der Waals surface area contributed by atoms with Crippen molar-refractivity contribution in [3.63, 3.8) is 0 Å². The quantitative estimate of drug-likeness (QED) is 0.517. The predicted molar refractivity (Wildman–Crippen MR) is 51.3 cm³/mol. The van der Waals surface area contributed by atoms with Crippen molar-refractivity contribution in [2.75, 3.05) is 26.9 Å². The third-order valence-corrected chi connectivity index (χ3v) is 2.19. The molecule has 1 heterocycles. The van der Waals surface area contributed by atoms with E-state index in [0.29, 0.717) is 13.2 Å². The second-order valence-electron chi connectivity index (χ2n) is 2.48. The van der Waals surface area contributed by atoms with Crippen LogP contribution in [0.15, 0.2) is 16.8 Å². The van der Waals surface area contributed by atoms with E-state index in [0.717, 1.165) is 5.56 Å². The van der Waals surface area contributed by atoms with Crippen molar-refractivity contribution in [3.8, 4) is 0 Å². The van der Waals surface area contributed by atoms with Gasteiger partial charge in [-0.05, 0) is 11.4 Å². The van der Waals surface area contributed by atoms with E-state index in [-0.39, 0.29) is 12.4 Å². The Bertz CT molecular complexity index is 243. The SMILES string of the molecule is COCCOCC(=O)c1ccsc1. The summed E-state index contributed by atoms with van der Waals surface area (Å²) in [6, 6.07) is 1.80. The standard InChI is InChI=1S/C9H12O3S/c1-11-3-4-12-6-9(10)8-2-5-13-7-8/h2,5,7H,3-4,6H2,1H3. The molecular weight excluding hydrogens is 188 g/mol. The lowest BCUT2D eigenvalue weighted by atomic mass is 10.2. The highest BCUT2D eigenvalue weighted by atomic mass is 32.1. The Kier molecular flexibility index (Phi) is 4.67. The predicted octanol–water partition coefficient (Wildman–Crippen LogP) is 1.59. The number of hydrogen-bond acceptors (Lipinski definition) is 4. The summed E-state index contributed by atoms with van der Waals surface area (Å²) in [4.78, 5) is 11.3. The van der Waals surface area contributed by atoms with Crippen molar-refractivity contribution in [2.45, 2.75) is 0 Å². The molecule has 0 amide bonds. The van der Waals surface area contributed by atoms with Gasteiger partial charge in [-0.2, -0.15) is 11.3 Å². The maximum absolute atomic E-state index is 11.3. The number of carbonyl (C=O) groups is 1. The number of Topliss-reactive ketones (excluding diaryl/α,β-unsaturated/α-hetero) is 1. The lowest BCUT2D eigenvalue weighted by Gasteiger charge is -2.00. The molecule has 0 aromatic carbocycles. The minimum atomic E-state index is 0.0253. The number of rotatable bonds is 6. The molecule has 0 unspecified atom stereocenters. The monoisotopic (exact) mass is 200 g/mol. The Morgan fingerprint density at radius 1 is 1.54 bits per heavy atom. The van der Waals surface area contributed by atoms with E-state index in [2.05, 4.69) is 0 Å². The molecule has 0 aliphatic carbocycles. The molecule has 1 rings (SSSR count). The van der Waals surface area contributed by atoms with Crippen molar-refractivity contribution < 1.29 is 14.3 Å². The number of carbonyl (C=O) groups excluding carboxylic acids is 1. The molecule has 0 aliphatic rings. The van der Waals surface area contributed by atoms with E-state index in [1.165, 1.54) is 11.3 Å². The van der Waals surface area contributed by atoms with Crippen molar-refractivity contribution in [2.24, 2.45) is 0 Å². The van der Waals surface area contributed by atoms with E-state index >= 15 is 0 Å². The third-order valence-electron chi connectivity index (χ3n) is 1.51. The summed E-state index contributed by atoms with van der Waals surface area (Å²) in [7, 11) is 1.60. The second-order valence-corrected chi connectivity index (χ2v) is 3.26. The van der Waals surface area contributed by atoms with Gasteiger partial charge in [0.2, 0.25) is 0 Å². The van der Waals surface area contributed by atoms with Gasteiger partial charge in [0.15, 0.2) is 5.78 Å². The Labute approximate surface area is 81.3 Å². The van der Waals surface area contributed by atoms with E-state index in [9.17, 15) is 4.79 Å². The molecule has 3 nitrogen and oxygen atoms in total. The summed E-state index contributed by atoms with van der Waals surface area (Å²) in [6.45, 7) is 1.13. The number of ether oxygens (including phenoxy) is 2. The zero-order valence-electron chi connectivity index (χ0n) is 7.49. The van der Waals surface area contributed by atoms with Crippen LogP contribution in [0.5, 0.6) is 0 Å². The molecule has 4 heteroatoms. The molecule has 72 valence electrons. The molecule has 1 aromatic rings. The molecule has 0 saturated heterocycles. The average Bonchev–Trinajstić information content (AvgIpc) is 2.65. The molecule has 0 spiro atoms. The molecule has 0 bridgehead atoms. The topological polar surface area (TPSA) is 35.5 Å². The van der Waals surface area contributed by atoms with Crippen LogP contribution >= 0.6 is 11.3 Å². The van der Waals surface area contributed by atoms with Gasteiger partial charge >= 0.3 is 0 Å². The van der Waals surface area contributed by atoms with Crippen LogP contribution in [0.25, 0.3) is 0 Å². The molecule has 1 aromatic heterocycles. The number of hydrogen-bond donors (Lipinski definition) is 0. The van der Waals surface area contributed by atoms with E-state index in [4.69, 9.17) is 9.47 Å². The molecule has 0 radical (unpaired) electrons. The first kappa shape index (κ1) is 10.4. The summed E-state index contributed by atoms with van der Waals surface area (Å²) in [5.41, 5.74) is 0.724. The van der Waals surface area contributed by atoms with Crippen LogP contribution in [0.4, 0.5) is 0 Å².